The van der Waals surface area contributed by atoms with E-state index in [0.717, 1.165) is 15.0 Å². The molecule has 0 bridgehead atoms. The zero-order valence-corrected chi connectivity index (χ0v) is 16.1. The van der Waals surface area contributed by atoms with Crippen LogP contribution in [-0.2, 0) is 0 Å². The molecule has 4 aromatic rings. The minimum Gasteiger partial charge on any atom is -0.373 e. The maximum atomic E-state index is 14.4. The maximum absolute atomic E-state index is 14.4. The predicted octanol–water partition coefficient (Wildman–Crippen LogP) is 3.69. The van der Waals surface area contributed by atoms with Crippen LogP contribution in [0.4, 0.5) is 23.2 Å². The molecule has 0 amide bonds. The Balaban J connectivity index is 1.90. The number of halogens is 4. The van der Waals surface area contributed by atoms with E-state index in [-0.39, 0.29) is 11.3 Å². The fourth-order valence-electron chi connectivity index (χ4n) is 3.25. The molecule has 1 N–H and O–H groups in total. The van der Waals surface area contributed by atoms with Crippen molar-refractivity contribution in [3.05, 3.63) is 69.3 Å². The van der Waals surface area contributed by atoms with Gasteiger partial charge in [0.25, 0.3) is 5.56 Å². The largest absolute Gasteiger partial charge is 0.373 e. The van der Waals surface area contributed by atoms with E-state index in [9.17, 15) is 22.4 Å². The zero-order chi connectivity index (χ0) is 21.7. The first-order valence-electron chi connectivity index (χ1n) is 8.80. The molecule has 0 aliphatic rings. The van der Waals surface area contributed by atoms with Crippen molar-refractivity contribution in [1.82, 2.24) is 14.6 Å². The van der Waals surface area contributed by atoms with Crippen LogP contribution in [0, 0.1) is 30.2 Å². The fraction of sp³-hybridized carbons (Fsp3) is 0.150. The monoisotopic (exact) mass is 417 g/mol. The van der Waals surface area contributed by atoms with Crippen LogP contribution in [0.25, 0.3) is 21.9 Å². The van der Waals surface area contributed by atoms with Crippen molar-refractivity contribution >= 4 is 33.8 Å². The molecule has 0 unspecified atom stereocenters. The summed E-state index contributed by atoms with van der Waals surface area (Å²) in [6.45, 7) is 1.48. The summed E-state index contributed by atoms with van der Waals surface area (Å²) in [6.07, 6.45) is 0.556. The van der Waals surface area contributed by atoms with Gasteiger partial charge < -0.3 is 9.88 Å². The highest BCUT2D eigenvalue weighted by Gasteiger charge is 2.26. The van der Waals surface area contributed by atoms with Gasteiger partial charge >= 0.3 is 0 Å². The van der Waals surface area contributed by atoms with E-state index in [1.165, 1.54) is 21.0 Å². The molecule has 6 nitrogen and oxygen atoms in total. The number of anilines is 1. The summed E-state index contributed by atoms with van der Waals surface area (Å²) in [5, 5.41) is 4.47. The van der Waals surface area contributed by atoms with Gasteiger partial charge in [-0.2, -0.15) is 9.78 Å². The molecular weight excluding hydrogens is 402 g/mol. The van der Waals surface area contributed by atoms with Gasteiger partial charge in [-0.3, -0.25) is 4.79 Å². The Morgan fingerprint density at radius 3 is 2.33 bits per heavy atom. The Labute approximate surface area is 167 Å². The lowest BCUT2D eigenvalue weighted by atomic mass is 10.1. The number of nitrogens with zero attached hydrogens (tertiary/aromatic N) is 4. The number of H-pyrrole nitrogens is 1. The maximum Gasteiger partial charge on any atom is 0.298 e. The highest BCUT2D eigenvalue weighted by molar-refractivity contribution is 6.04. The molecule has 0 fully saturated rings. The number of benzene rings is 2. The van der Waals surface area contributed by atoms with Crippen LogP contribution in [0.1, 0.15) is 11.4 Å². The summed E-state index contributed by atoms with van der Waals surface area (Å²) < 4.78 is 57.9. The first-order chi connectivity index (χ1) is 14.2. The van der Waals surface area contributed by atoms with Gasteiger partial charge in [-0.15, -0.1) is 0 Å². The van der Waals surface area contributed by atoms with E-state index >= 15 is 0 Å². The van der Waals surface area contributed by atoms with Gasteiger partial charge in [0.15, 0.2) is 23.3 Å². The van der Waals surface area contributed by atoms with Crippen LogP contribution in [0.15, 0.2) is 34.2 Å². The summed E-state index contributed by atoms with van der Waals surface area (Å²) in [6, 6.07) is 7.13. The molecule has 4 rings (SSSR count). The van der Waals surface area contributed by atoms with Crippen molar-refractivity contribution in [2.24, 2.45) is 5.10 Å². The Bertz CT molecular complexity index is 1380. The molecule has 2 aromatic carbocycles. The number of para-hydroxylation sites is 1. The molecule has 154 valence electrons. The van der Waals surface area contributed by atoms with Gasteiger partial charge in [0.2, 0.25) is 0 Å². The van der Waals surface area contributed by atoms with Crippen molar-refractivity contribution in [1.29, 1.82) is 0 Å². The lowest BCUT2D eigenvalue weighted by Gasteiger charge is -2.16. The summed E-state index contributed by atoms with van der Waals surface area (Å²) in [4.78, 5) is 21.0. The second kappa shape index (κ2) is 6.97. The molecule has 0 spiro atoms. The molecule has 0 saturated carbocycles. The van der Waals surface area contributed by atoms with E-state index < -0.39 is 40.1 Å². The van der Waals surface area contributed by atoms with Crippen molar-refractivity contribution in [2.45, 2.75) is 6.92 Å². The predicted molar refractivity (Wildman–Crippen MR) is 106 cm³/mol. The zero-order valence-electron chi connectivity index (χ0n) is 16.1. The van der Waals surface area contributed by atoms with Crippen LogP contribution in [0.3, 0.4) is 0 Å². The Morgan fingerprint density at radius 2 is 1.70 bits per heavy atom. The minimum atomic E-state index is -1.62. The molecule has 0 saturated heterocycles. The summed E-state index contributed by atoms with van der Waals surface area (Å²) in [5.41, 5.74) is -1.28. The van der Waals surface area contributed by atoms with Gasteiger partial charge in [-0.05, 0) is 13.0 Å². The van der Waals surface area contributed by atoms with Crippen LogP contribution in [0.5, 0.6) is 0 Å². The number of fused-ring (bicyclic) bond motifs is 3. The molecule has 2 heterocycles. The lowest BCUT2D eigenvalue weighted by Crippen LogP contribution is -2.21. The molecule has 0 aliphatic heterocycles. The van der Waals surface area contributed by atoms with Crippen molar-refractivity contribution < 1.29 is 17.6 Å². The van der Waals surface area contributed by atoms with Gasteiger partial charge in [0.1, 0.15) is 22.5 Å². The molecule has 10 heteroatoms. The van der Waals surface area contributed by atoms with E-state index in [4.69, 9.17) is 0 Å². The average molecular weight is 417 g/mol. The number of rotatable bonds is 3. The lowest BCUT2D eigenvalue weighted by molar-refractivity contribution is 0.453. The van der Waals surface area contributed by atoms with E-state index in [1.54, 1.807) is 24.3 Å². The molecule has 2 aromatic heterocycles. The number of aromatic amines is 1. The number of aromatic nitrogens is 3. The fourth-order valence-corrected chi connectivity index (χ4v) is 3.25. The number of nitrogens with one attached hydrogen (secondary N) is 1. The molecule has 0 radical (unpaired) electrons. The SMILES string of the molecule is Cc1nc2c([nH]c3ccccc32)c(=O)n1N=Cc1c(F)c(F)c(N(C)C)c(F)c1F. The number of hydrogen-bond donors (Lipinski definition) is 1. The van der Waals surface area contributed by atoms with E-state index in [2.05, 4.69) is 15.1 Å². The molecule has 30 heavy (non-hydrogen) atoms. The van der Waals surface area contributed by atoms with Gasteiger partial charge in [-0.1, -0.05) is 18.2 Å². The minimum absolute atomic E-state index is 0.125. The van der Waals surface area contributed by atoms with Crippen LogP contribution >= 0.6 is 0 Å². The van der Waals surface area contributed by atoms with Crippen molar-refractivity contribution in [3.63, 3.8) is 0 Å². The first kappa shape index (κ1) is 19.6. The molecule has 0 aliphatic carbocycles. The third kappa shape index (κ3) is 2.83. The summed E-state index contributed by atoms with van der Waals surface area (Å²) >= 11 is 0. The molecular formula is C20H15F4N5O. The number of hydrogen-bond acceptors (Lipinski definition) is 4. The molecule has 0 atom stereocenters. The topological polar surface area (TPSA) is 66.3 Å². The third-order valence-corrected chi connectivity index (χ3v) is 4.69. The van der Waals surface area contributed by atoms with Crippen LogP contribution in [-0.4, -0.2) is 35.0 Å². The van der Waals surface area contributed by atoms with E-state index in [1.807, 2.05) is 0 Å². The first-order valence-corrected chi connectivity index (χ1v) is 8.80. The van der Waals surface area contributed by atoms with Gasteiger partial charge in [0, 0.05) is 25.0 Å². The standard InChI is InChI=1S/C20H15F4N5O/c1-9-26-17-10-6-4-5-7-12(10)27-18(17)20(30)29(9)25-8-11-13(21)15(23)19(28(2)3)16(24)14(11)22/h4-8,27H,1-3H3. The number of aryl methyl sites for hydroxylation is 1. The third-order valence-electron chi connectivity index (χ3n) is 4.69. The van der Waals surface area contributed by atoms with Crippen LogP contribution < -0.4 is 10.5 Å². The highest BCUT2D eigenvalue weighted by Crippen LogP contribution is 2.29. The second-order valence-corrected chi connectivity index (χ2v) is 6.83. The highest BCUT2D eigenvalue weighted by atomic mass is 19.2. The average Bonchev–Trinajstić information content (AvgIpc) is 3.07. The van der Waals surface area contributed by atoms with Crippen molar-refractivity contribution in [2.75, 3.05) is 19.0 Å². The van der Waals surface area contributed by atoms with Gasteiger partial charge in [0.05, 0.1) is 11.8 Å². The Hall–Kier alpha value is -3.69. The van der Waals surface area contributed by atoms with Crippen molar-refractivity contribution in [3.8, 4) is 0 Å². The normalized spacial score (nSPS) is 11.8. The summed E-state index contributed by atoms with van der Waals surface area (Å²) in [5.74, 6) is -6.24. The smallest absolute Gasteiger partial charge is 0.298 e. The Kier molecular flexibility index (Phi) is 4.56. The second-order valence-electron chi connectivity index (χ2n) is 6.83. The van der Waals surface area contributed by atoms with Crippen LogP contribution in [0.2, 0.25) is 0 Å². The quantitative estimate of drug-likeness (QED) is 0.314. The Morgan fingerprint density at radius 1 is 1.07 bits per heavy atom. The van der Waals surface area contributed by atoms with Gasteiger partial charge in [-0.25, -0.2) is 22.5 Å². The van der Waals surface area contributed by atoms with E-state index in [0.29, 0.717) is 17.2 Å². The summed E-state index contributed by atoms with van der Waals surface area (Å²) in [7, 11) is 2.50.